The first-order chi connectivity index (χ1) is 34.1. The summed E-state index contributed by atoms with van der Waals surface area (Å²) < 4.78 is 82.9. The molecular weight excluding hydrogens is 1030 g/mol. The van der Waals surface area contributed by atoms with Crippen molar-refractivity contribution in [1.82, 2.24) is 0 Å². The molecule has 0 saturated heterocycles. The topological polar surface area (TPSA) is 212 Å². The van der Waals surface area contributed by atoms with Crippen molar-refractivity contribution in [1.29, 1.82) is 0 Å². The van der Waals surface area contributed by atoms with Crippen LogP contribution in [-0.2, 0) is 42.9 Å². The molecule has 1 N–H and O–H groups in total. The lowest BCUT2D eigenvalue weighted by Gasteiger charge is -2.27. The third-order valence-corrected chi connectivity index (χ3v) is 12.4. The van der Waals surface area contributed by atoms with Crippen molar-refractivity contribution < 1.29 is 74.3 Å². The third kappa shape index (κ3) is 17.7. The van der Waals surface area contributed by atoms with Crippen LogP contribution in [0.5, 0.6) is 0 Å². The number of rotatable bonds is 21. The largest absolute Gasteiger partial charge is 0.459 e. The Bertz CT molecular complexity index is 2790. The van der Waals surface area contributed by atoms with Crippen LogP contribution in [0.25, 0.3) is 0 Å². The Balaban J connectivity index is 0.000000331. The van der Waals surface area contributed by atoms with Crippen molar-refractivity contribution in [2.75, 3.05) is 27.4 Å². The van der Waals surface area contributed by atoms with E-state index in [4.69, 9.17) is 57.9 Å². The van der Waals surface area contributed by atoms with Crippen LogP contribution in [0.1, 0.15) is 63.7 Å². The second-order valence-corrected chi connectivity index (χ2v) is 18.3. The molecule has 5 aromatic carbocycles. The molecule has 0 radical (unpaired) electrons. The minimum Gasteiger partial charge on any atom is -0.459 e. The maximum Gasteiger partial charge on any atom is 0.338 e. The van der Waals surface area contributed by atoms with Gasteiger partial charge in [0.25, 0.3) is 10.1 Å². The Labute approximate surface area is 429 Å². The second-order valence-electron chi connectivity index (χ2n) is 15.5. The summed E-state index contributed by atoms with van der Waals surface area (Å²) in [5.74, 6) is -3.42. The van der Waals surface area contributed by atoms with Gasteiger partial charge >= 0.3 is 23.9 Å². The van der Waals surface area contributed by atoms with E-state index in [0.717, 1.165) is 47.7 Å². The number of carbonyl (C=O) groups excluding carboxylic acids is 4. The van der Waals surface area contributed by atoms with Crippen LogP contribution in [0, 0.1) is 27.7 Å². The minimum absolute atomic E-state index is 0.0336. The average molecular weight is 1080 g/mol. The second kappa shape index (κ2) is 27.9. The number of oxime groups is 2. The summed E-state index contributed by atoms with van der Waals surface area (Å²) in [5.41, 5.74) is 4.23. The van der Waals surface area contributed by atoms with Crippen molar-refractivity contribution in [3.63, 3.8) is 0 Å². The summed E-state index contributed by atoms with van der Waals surface area (Å²) in [6, 6.07) is 27.5. The highest BCUT2D eigenvalue weighted by Crippen LogP contribution is 2.34. The van der Waals surface area contributed by atoms with Gasteiger partial charge < -0.3 is 33.7 Å². The Hall–Kier alpha value is -6.48. The number of aryl methyl sites for hydroxylation is 4. The molecule has 16 nitrogen and oxygen atoms in total. The zero-order valence-electron chi connectivity index (χ0n) is 39.4. The predicted octanol–water partition coefficient (Wildman–Crippen LogP) is 9.41. The smallest absolute Gasteiger partial charge is 0.338 e. The number of ether oxygens (including phenoxy) is 4. The van der Waals surface area contributed by atoms with E-state index in [0.29, 0.717) is 6.21 Å². The normalized spacial score (nSPS) is 13.9. The van der Waals surface area contributed by atoms with E-state index in [-0.39, 0.29) is 37.3 Å². The van der Waals surface area contributed by atoms with Crippen molar-refractivity contribution in [3.8, 4) is 0 Å². The van der Waals surface area contributed by atoms with E-state index in [1.807, 2.05) is 20.8 Å². The lowest BCUT2D eigenvalue weighted by Crippen LogP contribution is -2.45. The average Bonchev–Trinajstić information content (AvgIpc) is 3.35. The fourth-order valence-corrected chi connectivity index (χ4v) is 7.97. The number of hydrogen-bond donors (Lipinski definition) is 1. The Morgan fingerprint density at radius 3 is 1.31 bits per heavy atom. The molecule has 0 bridgehead atoms. The number of hydrogen-bond acceptors (Lipinski definition) is 16. The van der Waals surface area contributed by atoms with Gasteiger partial charge in [-0.25, -0.2) is 28.0 Å². The highest BCUT2D eigenvalue weighted by molar-refractivity contribution is 7.87. The number of nitrogens with zero attached hydrogens (tertiary/aromatic N) is 2. The number of halogens is 5. The summed E-state index contributed by atoms with van der Waals surface area (Å²) in [6.07, 6.45) is -10.2. The molecule has 22 heteroatoms. The molecule has 5 aromatic rings. The zero-order chi connectivity index (χ0) is 53.1. The molecule has 5 rings (SSSR count). The summed E-state index contributed by atoms with van der Waals surface area (Å²) in [6.45, 7) is 5.87. The zero-order valence-corrected chi connectivity index (χ0v) is 42.5. The molecule has 0 aliphatic rings. The maximum absolute atomic E-state index is 15.5. The summed E-state index contributed by atoms with van der Waals surface area (Å²) in [5, 5.41) is 16.5. The first-order valence-electron chi connectivity index (χ1n) is 21.3. The highest BCUT2D eigenvalue weighted by atomic mass is 35.5. The van der Waals surface area contributed by atoms with Gasteiger partial charge in [0.1, 0.15) is 38.4 Å². The number of aliphatic hydroxyl groups excluding tert-OH is 1. The molecule has 0 aromatic heterocycles. The van der Waals surface area contributed by atoms with Gasteiger partial charge in [-0.15, -0.1) is 0 Å². The van der Waals surface area contributed by atoms with Gasteiger partial charge in [0, 0.05) is 0 Å². The number of aliphatic hydroxyl groups is 1. The lowest BCUT2D eigenvalue weighted by molar-refractivity contribution is -0.0594. The van der Waals surface area contributed by atoms with E-state index in [9.17, 15) is 37.1 Å². The van der Waals surface area contributed by atoms with Crippen LogP contribution in [0.3, 0.4) is 0 Å². The molecule has 0 spiro atoms. The lowest BCUT2D eigenvalue weighted by atomic mass is 10.1. The first-order valence-corrected chi connectivity index (χ1v) is 23.9. The molecule has 0 amide bonds. The quantitative estimate of drug-likeness (QED) is 0.0181. The molecule has 6 atom stereocenters. The van der Waals surface area contributed by atoms with Crippen LogP contribution >= 0.6 is 34.8 Å². The van der Waals surface area contributed by atoms with E-state index >= 15 is 4.39 Å². The van der Waals surface area contributed by atoms with Crippen molar-refractivity contribution >= 4 is 81.2 Å². The first kappa shape index (κ1) is 58.1. The minimum atomic E-state index is -4.85. The highest BCUT2D eigenvalue weighted by Gasteiger charge is 2.40. The van der Waals surface area contributed by atoms with Crippen LogP contribution in [0.2, 0.25) is 15.1 Å². The Kier molecular flexibility index (Phi) is 22.5. The molecule has 384 valence electrons. The van der Waals surface area contributed by atoms with Gasteiger partial charge in [0.15, 0.2) is 30.7 Å². The molecule has 0 saturated carbocycles. The summed E-state index contributed by atoms with van der Waals surface area (Å²) in [7, 11) is -2.49. The summed E-state index contributed by atoms with van der Waals surface area (Å²) >= 11 is 18.0. The fourth-order valence-electron chi connectivity index (χ4n) is 5.92. The van der Waals surface area contributed by atoms with Gasteiger partial charge in [-0.1, -0.05) is 116 Å². The SMILES string of the molecule is CO/N=C\[C@@H](F)[C@H](OC(=O)c1ccc(C)cc1)[C@@H](COC(=O)c1ccc(C)cc1)OS(=O)(=O)c1cc(Cl)c(Cl)cc1Cl.CO/N=C\[C@@H](F)[C@H](OC(=O)c1ccc(C)cc1)[C@H](O)COC(=O)c1ccc(C)cc1. The molecule has 0 aliphatic heterocycles. The molecule has 0 fully saturated rings. The van der Waals surface area contributed by atoms with Crippen LogP contribution in [0.4, 0.5) is 8.78 Å². The fraction of sp³-hybridized carbons (Fsp3) is 0.280. The molecule has 0 heterocycles. The molecular formula is C50H49Cl3F2N2O14S. The van der Waals surface area contributed by atoms with Crippen LogP contribution in [0.15, 0.2) is 124 Å². The third-order valence-electron chi connectivity index (χ3n) is 9.88. The number of carbonyl (C=O) groups is 4. The maximum atomic E-state index is 15.5. The predicted molar refractivity (Wildman–Crippen MR) is 264 cm³/mol. The summed E-state index contributed by atoms with van der Waals surface area (Å²) in [4.78, 5) is 58.5. The molecule has 72 heavy (non-hydrogen) atoms. The van der Waals surface area contributed by atoms with Gasteiger partial charge in [-0.05, 0) is 88.4 Å². The van der Waals surface area contributed by atoms with Crippen molar-refractivity contribution in [2.24, 2.45) is 10.3 Å². The number of alkyl halides is 2. The van der Waals surface area contributed by atoms with Crippen molar-refractivity contribution in [2.45, 2.75) is 69.3 Å². The standard InChI is InChI=1S/C28H25Cl3FNO8S.C22H24FNO6/c1-16-4-8-18(9-5-16)27(34)39-15-24(41-42(36,37)25-13-21(30)20(29)12-22(25)31)26(23(32)14-33-38-3)40-28(35)19-10-6-17(2)7-11-19;1-14-4-8-16(9-5-14)21(26)29-13-19(25)20(18(23)12-24-28-3)30-22(27)17-10-6-15(2)7-11-17/h4-14,23-24,26H,15H2,1-3H3;4-12,18-20,25H,13H2,1-3H3/b33-14-;24-12-/t23-,24-,26+;18-,19-,20+/m11/s1. The molecule has 0 unspecified atom stereocenters. The van der Waals surface area contributed by atoms with Crippen LogP contribution < -0.4 is 0 Å². The van der Waals surface area contributed by atoms with Crippen LogP contribution in [-0.4, -0.2) is 114 Å². The van der Waals surface area contributed by atoms with E-state index in [1.54, 1.807) is 67.6 Å². The van der Waals surface area contributed by atoms with Gasteiger partial charge in [0.2, 0.25) is 0 Å². The Morgan fingerprint density at radius 2 is 0.903 bits per heavy atom. The monoisotopic (exact) mass is 1080 g/mol. The Morgan fingerprint density at radius 1 is 0.556 bits per heavy atom. The van der Waals surface area contributed by atoms with Gasteiger partial charge in [0.05, 0.1) is 49.8 Å². The van der Waals surface area contributed by atoms with Gasteiger partial charge in [-0.2, -0.15) is 8.42 Å². The van der Waals surface area contributed by atoms with E-state index < -0.39 is 88.9 Å². The van der Waals surface area contributed by atoms with Gasteiger partial charge in [-0.3, -0.25) is 4.18 Å². The van der Waals surface area contributed by atoms with E-state index in [2.05, 4.69) is 20.0 Å². The number of benzene rings is 5. The van der Waals surface area contributed by atoms with E-state index in [1.165, 1.54) is 43.5 Å². The number of esters is 4. The van der Waals surface area contributed by atoms with Crippen molar-refractivity contribution in [3.05, 3.63) is 169 Å². The molecule has 0 aliphatic carbocycles.